The molecule has 1 saturated heterocycles. The number of likely N-dealkylation sites (tertiary alicyclic amines) is 1. The van der Waals surface area contributed by atoms with Gasteiger partial charge in [-0.05, 0) is 75.0 Å². The highest BCUT2D eigenvalue weighted by Gasteiger charge is 2.52. The third-order valence-electron chi connectivity index (χ3n) is 6.60. The minimum Gasteiger partial charge on any atom is -0.338 e. The summed E-state index contributed by atoms with van der Waals surface area (Å²) >= 11 is 6.12. The topological polar surface area (TPSA) is 20.3 Å². The van der Waals surface area contributed by atoms with Crippen LogP contribution in [0, 0.1) is 29.6 Å². The van der Waals surface area contributed by atoms with Gasteiger partial charge in [-0.15, -0.1) is 11.6 Å². The molecular formula is C17H26ClNO. The van der Waals surface area contributed by atoms with Crippen LogP contribution >= 0.6 is 11.6 Å². The number of nitrogens with zero attached hydrogens (tertiary/aromatic N) is 1. The Kier molecular flexibility index (Phi) is 3.48. The molecule has 1 heterocycles. The van der Waals surface area contributed by atoms with Crippen molar-refractivity contribution in [2.24, 2.45) is 29.6 Å². The normalized spacial score (nSPS) is 46.8. The first kappa shape index (κ1) is 13.4. The summed E-state index contributed by atoms with van der Waals surface area (Å²) in [4.78, 5) is 15.3. The van der Waals surface area contributed by atoms with Gasteiger partial charge in [0.25, 0.3) is 0 Å². The van der Waals surface area contributed by atoms with Gasteiger partial charge in [0.2, 0.25) is 5.91 Å². The minimum absolute atomic E-state index is 0.315. The molecule has 1 aliphatic heterocycles. The van der Waals surface area contributed by atoms with Crippen LogP contribution in [0.1, 0.15) is 51.4 Å². The quantitative estimate of drug-likeness (QED) is 0.712. The van der Waals surface area contributed by atoms with Crippen LogP contribution < -0.4 is 0 Å². The summed E-state index contributed by atoms with van der Waals surface area (Å²) in [5.74, 6) is 4.77. The van der Waals surface area contributed by atoms with Crippen LogP contribution in [0.2, 0.25) is 0 Å². The second-order valence-corrected chi connectivity index (χ2v) is 8.10. The summed E-state index contributed by atoms with van der Waals surface area (Å²) in [7, 11) is 0. The van der Waals surface area contributed by atoms with E-state index in [9.17, 15) is 4.79 Å². The smallest absolute Gasteiger partial charge is 0.226 e. The van der Waals surface area contributed by atoms with E-state index in [1.165, 1.54) is 44.9 Å². The molecule has 112 valence electrons. The maximum absolute atomic E-state index is 13.1. The van der Waals surface area contributed by atoms with Gasteiger partial charge in [0.15, 0.2) is 0 Å². The van der Waals surface area contributed by atoms with Crippen molar-refractivity contribution in [3.8, 4) is 0 Å². The number of hydrogen-bond donors (Lipinski definition) is 0. The Morgan fingerprint density at radius 3 is 2.25 bits per heavy atom. The lowest BCUT2D eigenvalue weighted by molar-refractivity contribution is -0.152. The van der Waals surface area contributed by atoms with Crippen molar-refractivity contribution in [2.45, 2.75) is 57.4 Å². The second-order valence-electron chi connectivity index (χ2n) is 7.79. The second kappa shape index (κ2) is 5.19. The highest BCUT2D eigenvalue weighted by molar-refractivity contribution is 6.18. The highest BCUT2D eigenvalue weighted by Crippen LogP contribution is 2.57. The molecule has 4 aliphatic carbocycles. The SMILES string of the molecule is O=C(C1C2CC3CC(C2)CC1C3)N1CCCCC1CCl. The average molecular weight is 296 g/mol. The van der Waals surface area contributed by atoms with Crippen LogP contribution in [0.5, 0.6) is 0 Å². The van der Waals surface area contributed by atoms with Gasteiger partial charge in [-0.3, -0.25) is 4.79 Å². The summed E-state index contributed by atoms with van der Waals surface area (Å²) in [6.45, 7) is 0.957. The van der Waals surface area contributed by atoms with Crippen LogP contribution in [0.4, 0.5) is 0 Å². The molecular weight excluding hydrogens is 270 g/mol. The van der Waals surface area contributed by atoms with E-state index in [1.54, 1.807) is 0 Å². The first-order chi connectivity index (χ1) is 9.76. The van der Waals surface area contributed by atoms with Gasteiger partial charge < -0.3 is 4.90 Å². The zero-order valence-corrected chi connectivity index (χ0v) is 13.0. The van der Waals surface area contributed by atoms with Crippen LogP contribution in [0.25, 0.3) is 0 Å². The fraction of sp³-hybridized carbons (Fsp3) is 0.941. The van der Waals surface area contributed by atoms with E-state index in [-0.39, 0.29) is 0 Å². The van der Waals surface area contributed by atoms with Gasteiger partial charge in [0, 0.05) is 24.4 Å². The number of alkyl halides is 1. The summed E-state index contributed by atoms with van der Waals surface area (Å²) < 4.78 is 0. The van der Waals surface area contributed by atoms with E-state index in [2.05, 4.69) is 4.90 Å². The van der Waals surface area contributed by atoms with Gasteiger partial charge in [-0.1, -0.05) is 0 Å². The van der Waals surface area contributed by atoms with Gasteiger partial charge in [0.05, 0.1) is 0 Å². The molecule has 3 heteroatoms. The van der Waals surface area contributed by atoms with E-state index in [1.807, 2.05) is 0 Å². The lowest BCUT2D eigenvalue weighted by Crippen LogP contribution is -2.55. The number of carbonyl (C=O) groups excluding carboxylic acids is 1. The third kappa shape index (κ3) is 2.10. The van der Waals surface area contributed by atoms with Gasteiger partial charge >= 0.3 is 0 Å². The number of hydrogen-bond acceptors (Lipinski definition) is 1. The fourth-order valence-corrected chi connectivity index (χ4v) is 6.29. The molecule has 0 spiro atoms. The highest BCUT2D eigenvalue weighted by atomic mass is 35.5. The molecule has 0 aromatic heterocycles. The molecule has 2 nitrogen and oxygen atoms in total. The minimum atomic E-state index is 0.315. The summed E-state index contributed by atoms with van der Waals surface area (Å²) in [6.07, 6.45) is 10.3. The Labute approximate surface area is 127 Å². The zero-order valence-electron chi connectivity index (χ0n) is 12.3. The van der Waals surface area contributed by atoms with E-state index < -0.39 is 0 Å². The first-order valence-electron chi connectivity index (χ1n) is 8.62. The molecule has 0 N–H and O–H groups in total. The van der Waals surface area contributed by atoms with Crippen molar-refractivity contribution in [1.82, 2.24) is 4.90 Å². The van der Waals surface area contributed by atoms with Crippen LogP contribution in [0.3, 0.4) is 0 Å². The summed E-state index contributed by atoms with van der Waals surface area (Å²) in [5.41, 5.74) is 0. The molecule has 20 heavy (non-hydrogen) atoms. The third-order valence-corrected chi connectivity index (χ3v) is 6.96. The van der Waals surface area contributed by atoms with E-state index in [4.69, 9.17) is 11.6 Å². The Bertz CT molecular complexity index is 368. The molecule has 4 saturated carbocycles. The zero-order chi connectivity index (χ0) is 13.7. The lowest BCUT2D eigenvalue weighted by Gasteiger charge is -2.55. The molecule has 1 unspecified atom stereocenters. The number of piperidine rings is 1. The van der Waals surface area contributed by atoms with Gasteiger partial charge in [0.1, 0.15) is 0 Å². The van der Waals surface area contributed by atoms with Crippen molar-refractivity contribution in [3.05, 3.63) is 0 Å². The van der Waals surface area contributed by atoms with Crippen LogP contribution in [0.15, 0.2) is 0 Å². The van der Waals surface area contributed by atoms with Crippen LogP contribution in [-0.2, 0) is 4.79 Å². The monoisotopic (exact) mass is 295 g/mol. The summed E-state index contributed by atoms with van der Waals surface area (Å²) in [5, 5.41) is 0. The van der Waals surface area contributed by atoms with Crippen LogP contribution in [-0.4, -0.2) is 29.3 Å². The predicted octanol–water partition coefficient (Wildman–Crippen LogP) is 3.68. The van der Waals surface area contributed by atoms with Gasteiger partial charge in [-0.25, -0.2) is 0 Å². The molecule has 5 rings (SSSR count). The summed E-state index contributed by atoms with van der Waals surface area (Å²) in [6, 6.07) is 0.315. The van der Waals surface area contributed by atoms with Crippen molar-refractivity contribution < 1.29 is 4.79 Å². The Morgan fingerprint density at radius 1 is 1.00 bits per heavy atom. The number of halogens is 1. The Balaban J connectivity index is 1.53. The largest absolute Gasteiger partial charge is 0.338 e. The number of carbonyl (C=O) groups is 1. The predicted molar refractivity (Wildman–Crippen MR) is 80.6 cm³/mol. The van der Waals surface area contributed by atoms with Crippen molar-refractivity contribution in [1.29, 1.82) is 0 Å². The molecule has 4 bridgehead atoms. The van der Waals surface area contributed by atoms with Crippen molar-refractivity contribution in [3.63, 3.8) is 0 Å². The molecule has 0 radical (unpaired) electrons. The lowest BCUT2D eigenvalue weighted by atomic mass is 9.51. The number of rotatable bonds is 2. The maximum Gasteiger partial charge on any atom is 0.226 e. The molecule has 5 fully saturated rings. The van der Waals surface area contributed by atoms with Crippen molar-refractivity contribution in [2.75, 3.05) is 12.4 Å². The average Bonchev–Trinajstić information content (AvgIpc) is 2.46. The van der Waals surface area contributed by atoms with E-state index >= 15 is 0 Å². The first-order valence-corrected chi connectivity index (χ1v) is 9.16. The maximum atomic E-state index is 13.1. The Hall–Kier alpha value is -0.240. The Morgan fingerprint density at radius 2 is 1.65 bits per heavy atom. The fourth-order valence-electron chi connectivity index (χ4n) is 5.97. The molecule has 1 amide bonds. The molecule has 1 atom stereocenters. The van der Waals surface area contributed by atoms with E-state index in [0.29, 0.717) is 35.6 Å². The van der Waals surface area contributed by atoms with E-state index in [0.717, 1.165) is 24.8 Å². The molecule has 0 aromatic rings. The van der Waals surface area contributed by atoms with Gasteiger partial charge in [-0.2, -0.15) is 0 Å². The number of amides is 1. The molecule has 5 aliphatic rings. The standard InChI is InChI=1S/C17H26ClNO/c18-10-15-3-1-2-4-19(15)17(20)16-13-6-11-5-12(8-13)9-14(16)7-11/h11-16H,1-10H2. The molecule has 0 aromatic carbocycles. The van der Waals surface area contributed by atoms with Crippen molar-refractivity contribution >= 4 is 17.5 Å².